The second-order valence-corrected chi connectivity index (χ2v) is 5.98. The van der Waals surface area contributed by atoms with Crippen molar-refractivity contribution in [3.05, 3.63) is 60.1 Å². The zero-order chi connectivity index (χ0) is 17.5. The van der Waals surface area contributed by atoms with E-state index in [-0.39, 0.29) is 17.7 Å². The molecular formula is C19H24N2O3. The summed E-state index contributed by atoms with van der Waals surface area (Å²) in [5, 5.41) is 2.88. The van der Waals surface area contributed by atoms with Gasteiger partial charge < -0.3 is 14.6 Å². The third-order valence-electron chi connectivity index (χ3n) is 4.15. The molecular weight excluding hydrogens is 304 g/mol. The van der Waals surface area contributed by atoms with E-state index in [0.29, 0.717) is 17.9 Å². The SMILES string of the molecule is CCC(C)C(NC(=O)c1ccccc1)C(=O)N(C)Cc1ccco1. The first-order valence-electron chi connectivity index (χ1n) is 8.16. The lowest BCUT2D eigenvalue weighted by Gasteiger charge is -2.28. The largest absolute Gasteiger partial charge is 0.467 e. The van der Waals surface area contributed by atoms with Gasteiger partial charge >= 0.3 is 0 Å². The van der Waals surface area contributed by atoms with Crippen LogP contribution in [0.1, 0.15) is 36.4 Å². The Morgan fingerprint density at radius 3 is 2.46 bits per heavy atom. The van der Waals surface area contributed by atoms with Crippen molar-refractivity contribution in [3.63, 3.8) is 0 Å². The summed E-state index contributed by atoms with van der Waals surface area (Å²) in [6, 6.07) is 12.0. The maximum Gasteiger partial charge on any atom is 0.251 e. The van der Waals surface area contributed by atoms with E-state index < -0.39 is 6.04 Å². The zero-order valence-electron chi connectivity index (χ0n) is 14.4. The second kappa shape index (κ2) is 8.34. The summed E-state index contributed by atoms with van der Waals surface area (Å²) < 4.78 is 5.29. The molecule has 5 heteroatoms. The Morgan fingerprint density at radius 1 is 1.17 bits per heavy atom. The van der Waals surface area contributed by atoms with E-state index in [2.05, 4.69) is 5.32 Å². The second-order valence-electron chi connectivity index (χ2n) is 5.98. The highest BCUT2D eigenvalue weighted by molar-refractivity contribution is 5.97. The number of amides is 2. The number of rotatable bonds is 7. The molecule has 2 aromatic rings. The fourth-order valence-electron chi connectivity index (χ4n) is 2.45. The van der Waals surface area contributed by atoms with Gasteiger partial charge in [0.2, 0.25) is 5.91 Å². The third kappa shape index (κ3) is 4.47. The Hall–Kier alpha value is -2.56. The van der Waals surface area contributed by atoms with E-state index in [0.717, 1.165) is 6.42 Å². The molecule has 1 heterocycles. The number of likely N-dealkylation sites (N-methyl/N-ethyl adjacent to an activating group) is 1. The van der Waals surface area contributed by atoms with Crippen LogP contribution in [0.25, 0.3) is 0 Å². The fraction of sp³-hybridized carbons (Fsp3) is 0.368. The number of benzene rings is 1. The molecule has 2 unspecified atom stereocenters. The number of carbonyl (C=O) groups is 2. The standard InChI is InChI=1S/C19H24N2O3/c1-4-14(2)17(20-18(22)15-9-6-5-7-10-15)19(23)21(3)13-16-11-8-12-24-16/h5-12,14,17H,4,13H2,1-3H3,(H,20,22). The topological polar surface area (TPSA) is 62.6 Å². The molecule has 2 amide bonds. The fourth-order valence-corrected chi connectivity index (χ4v) is 2.45. The average Bonchev–Trinajstić information content (AvgIpc) is 3.11. The van der Waals surface area contributed by atoms with Crippen molar-refractivity contribution in [2.24, 2.45) is 5.92 Å². The molecule has 2 rings (SSSR count). The highest BCUT2D eigenvalue weighted by atomic mass is 16.3. The molecule has 128 valence electrons. The monoisotopic (exact) mass is 328 g/mol. The van der Waals surface area contributed by atoms with Crippen LogP contribution < -0.4 is 5.32 Å². The highest BCUT2D eigenvalue weighted by Crippen LogP contribution is 2.13. The molecule has 0 fully saturated rings. The van der Waals surface area contributed by atoms with Crippen molar-refractivity contribution in [3.8, 4) is 0 Å². The van der Waals surface area contributed by atoms with Gasteiger partial charge in [-0.2, -0.15) is 0 Å². The Kier molecular flexibility index (Phi) is 6.18. The predicted molar refractivity (Wildman–Crippen MR) is 92.3 cm³/mol. The Balaban J connectivity index is 2.09. The van der Waals surface area contributed by atoms with Gasteiger partial charge in [-0.15, -0.1) is 0 Å². The first-order chi connectivity index (χ1) is 11.5. The summed E-state index contributed by atoms with van der Waals surface area (Å²) in [6.45, 7) is 4.35. The van der Waals surface area contributed by atoms with Crippen molar-refractivity contribution in [2.45, 2.75) is 32.9 Å². The van der Waals surface area contributed by atoms with Crippen LogP contribution in [-0.2, 0) is 11.3 Å². The van der Waals surface area contributed by atoms with E-state index in [1.165, 1.54) is 0 Å². The molecule has 0 aliphatic rings. The summed E-state index contributed by atoms with van der Waals surface area (Å²) in [4.78, 5) is 26.8. The predicted octanol–water partition coefficient (Wildman–Crippen LogP) is 3.08. The minimum absolute atomic E-state index is 0.0317. The summed E-state index contributed by atoms with van der Waals surface area (Å²) in [7, 11) is 1.72. The van der Waals surface area contributed by atoms with Crippen molar-refractivity contribution in [1.29, 1.82) is 0 Å². The molecule has 0 aliphatic heterocycles. The number of hydrogen-bond donors (Lipinski definition) is 1. The van der Waals surface area contributed by atoms with Gasteiger partial charge in [-0.3, -0.25) is 9.59 Å². The number of nitrogens with one attached hydrogen (secondary N) is 1. The van der Waals surface area contributed by atoms with Gasteiger partial charge in [0, 0.05) is 12.6 Å². The summed E-state index contributed by atoms with van der Waals surface area (Å²) in [5.74, 6) is 0.387. The van der Waals surface area contributed by atoms with Crippen LogP contribution in [0.3, 0.4) is 0 Å². The molecule has 1 aromatic carbocycles. The van der Waals surface area contributed by atoms with Crippen LogP contribution in [0.15, 0.2) is 53.1 Å². The van der Waals surface area contributed by atoms with Gasteiger partial charge in [-0.25, -0.2) is 0 Å². The van der Waals surface area contributed by atoms with Gasteiger partial charge in [0.25, 0.3) is 5.91 Å². The molecule has 5 nitrogen and oxygen atoms in total. The summed E-state index contributed by atoms with van der Waals surface area (Å²) >= 11 is 0. The van der Waals surface area contributed by atoms with Crippen LogP contribution in [0, 0.1) is 5.92 Å². The molecule has 0 spiro atoms. The minimum Gasteiger partial charge on any atom is -0.467 e. The Bertz CT molecular complexity index is 653. The van der Waals surface area contributed by atoms with Crippen LogP contribution >= 0.6 is 0 Å². The molecule has 0 saturated carbocycles. The van der Waals surface area contributed by atoms with E-state index in [1.54, 1.807) is 48.5 Å². The normalized spacial score (nSPS) is 13.1. The van der Waals surface area contributed by atoms with Gasteiger partial charge in [0.1, 0.15) is 11.8 Å². The lowest BCUT2D eigenvalue weighted by molar-refractivity contribution is -0.134. The quantitative estimate of drug-likeness (QED) is 0.849. The molecule has 0 radical (unpaired) electrons. The number of nitrogens with zero attached hydrogens (tertiary/aromatic N) is 1. The van der Waals surface area contributed by atoms with Crippen molar-refractivity contribution in [1.82, 2.24) is 10.2 Å². The number of hydrogen-bond acceptors (Lipinski definition) is 3. The highest BCUT2D eigenvalue weighted by Gasteiger charge is 2.29. The average molecular weight is 328 g/mol. The Morgan fingerprint density at radius 2 is 1.88 bits per heavy atom. The molecule has 0 aliphatic carbocycles. The van der Waals surface area contributed by atoms with Gasteiger partial charge in [0.05, 0.1) is 12.8 Å². The van der Waals surface area contributed by atoms with E-state index in [9.17, 15) is 9.59 Å². The Labute approximate surface area is 142 Å². The summed E-state index contributed by atoms with van der Waals surface area (Å²) in [5.41, 5.74) is 0.548. The van der Waals surface area contributed by atoms with Gasteiger partial charge in [0.15, 0.2) is 0 Å². The van der Waals surface area contributed by atoms with Crippen molar-refractivity contribution in [2.75, 3.05) is 7.05 Å². The maximum atomic E-state index is 12.8. The van der Waals surface area contributed by atoms with E-state index in [4.69, 9.17) is 4.42 Å². The number of furan rings is 1. The van der Waals surface area contributed by atoms with Crippen LogP contribution in [0.5, 0.6) is 0 Å². The molecule has 0 saturated heterocycles. The van der Waals surface area contributed by atoms with Gasteiger partial charge in [-0.1, -0.05) is 38.5 Å². The molecule has 24 heavy (non-hydrogen) atoms. The first kappa shape index (κ1) is 17.8. The maximum absolute atomic E-state index is 12.8. The molecule has 0 bridgehead atoms. The lowest BCUT2D eigenvalue weighted by Crippen LogP contribution is -2.50. The van der Waals surface area contributed by atoms with Crippen LogP contribution in [-0.4, -0.2) is 29.8 Å². The smallest absolute Gasteiger partial charge is 0.251 e. The zero-order valence-corrected chi connectivity index (χ0v) is 14.4. The first-order valence-corrected chi connectivity index (χ1v) is 8.16. The van der Waals surface area contributed by atoms with E-state index >= 15 is 0 Å². The van der Waals surface area contributed by atoms with Crippen LogP contribution in [0.4, 0.5) is 0 Å². The number of carbonyl (C=O) groups excluding carboxylic acids is 2. The summed E-state index contributed by atoms with van der Waals surface area (Å²) in [6.07, 6.45) is 2.37. The van der Waals surface area contributed by atoms with Crippen LogP contribution in [0.2, 0.25) is 0 Å². The minimum atomic E-state index is -0.567. The van der Waals surface area contributed by atoms with Crippen molar-refractivity contribution >= 4 is 11.8 Å². The molecule has 2 atom stereocenters. The van der Waals surface area contributed by atoms with Gasteiger partial charge in [-0.05, 0) is 30.2 Å². The van der Waals surface area contributed by atoms with Crippen molar-refractivity contribution < 1.29 is 14.0 Å². The molecule has 1 N–H and O–H groups in total. The van der Waals surface area contributed by atoms with E-state index in [1.807, 2.05) is 26.0 Å². The lowest BCUT2D eigenvalue weighted by atomic mass is 9.97. The molecule has 1 aromatic heterocycles. The third-order valence-corrected chi connectivity index (χ3v) is 4.15.